The summed E-state index contributed by atoms with van der Waals surface area (Å²) < 4.78 is 0. The van der Waals surface area contributed by atoms with Crippen molar-refractivity contribution in [3.05, 3.63) is 46.5 Å². The summed E-state index contributed by atoms with van der Waals surface area (Å²) in [6, 6.07) is 3.78. The minimum Gasteiger partial charge on any atom is -0.264 e. The SMILES string of the molecule is Clc1nc(Cl)nc(Cc2cccnc2)n1. The minimum absolute atomic E-state index is 0.105. The van der Waals surface area contributed by atoms with Crippen LogP contribution in [0.1, 0.15) is 11.4 Å². The van der Waals surface area contributed by atoms with Gasteiger partial charge >= 0.3 is 0 Å². The number of hydrogen-bond acceptors (Lipinski definition) is 4. The third kappa shape index (κ3) is 2.84. The Bertz CT molecular complexity index is 441. The van der Waals surface area contributed by atoms with Gasteiger partial charge in [-0.3, -0.25) is 4.98 Å². The standard InChI is InChI=1S/C9H6Cl2N4/c10-8-13-7(14-9(11)15-8)4-6-2-1-3-12-5-6/h1-3,5H,4H2. The van der Waals surface area contributed by atoms with E-state index in [2.05, 4.69) is 19.9 Å². The van der Waals surface area contributed by atoms with Crippen LogP contribution in [-0.4, -0.2) is 19.9 Å². The van der Waals surface area contributed by atoms with Crippen molar-refractivity contribution in [2.45, 2.75) is 6.42 Å². The maximum atomic E-state index is 5.65. The number of nitrogens with zero attached hydrogens (tertiary/aromatic N) is 4. The van der Waals surface area contributed by atoms with E-state index in [1.54, 1.807) is 12.4 Å². The van der Waals surface area contributed by atoms with Crippen LogP contribution in [-0.2, 0) is 6.42 Å². The molecular formula is C9H6Cl2N4. The lowest BCUT2D eigenvalue weighted by molar-refractivity contribution is 0.915. The number of aromatic nitrogens is 4. The summed E-state index contributed by atoms with van der Waals surface area (Å²) >= 11 is 11.3. The van der Waals surface area contributed by atoms with Gasteiger partial charge in [-0.25, -0.2) is 9.97 Å². The average molecular weight is 241 g/mol. The fourth-order valence-corrected chi connectivity index (χ4v) is 1.53. The molecule has 2 heterocycles. The van der Waals surface area contributed by atoms with Crippen molar-refractivity contribution in [2.75, 3.05) is 0 Å². The molecule has 0 fully saturated rings. The molecule has 2 rings (SSSR count). The van der Waals surface area contributed by atoms with Gasteiger partial charge in [0.2, 0.25) is 10.6 Å². The molecule has 4 nitrogen and oxygen atoms in total. The second-order valence-electron chi connectivity index (χ2n) is 2.83. The van der Waals surface area contributed by atoms with Crippen LogP contribution < -0.4 is 0 Å². The van der Waals surface area contributed by atoms with Gasteiger partial charge in [0.1, 0.15) is 5.82 Å². The Kier molecular flexibility index (Phi) is 3.08. The highest BCUT2D eigenvalue weighted by Crippen LogP contribution is 2.09. The van der Waals surface area contributed by atoms with E-state index in [-0.39, 0.29) is 10.6 Å². The molecule has 0 saturated heterocycles. The van der Waals surface area contributed by atoms with E-state index in [4.69, 9.17) is 23.2 Å². The molecule has 0 N–H and O–H groups in total. The molecule has 6 heteroatoms. The summed E-state index contributed by atoms with van der Waals surface area (Å²) in [4.78, 5) is 15.6. The van der Waals surface area contributed by atoms with Crippen molar-refractivity contribution in [1.29, 1.82) is 0 Å². The van der Waals surface area contributed by atoms with E-state index in [9.17, 15) is 0 Å². The predicted octanol–water partition coefficient (Wildman–Crippen LogP) is 2.16. The van der Waals surface area contributed by atoms with Crippen LogP contribution in [0.4, 0.5) is 0 Å². The van der Waals surface area contributed by atoms with Gasteiger partial charge in [0, 0.05) is 18.8 Å². The zero-order valence-electron chi connectivity index (χ0n) is 7.56. The third-order valence-corrected chi connectivity index (χ3v) is 2.05. The second-order valence-corrected chi connectivity index (χ2v) is 3.50. The maximum absolute atomic E-state index is 5.65. The molecule has 0 bridgehead atoms. The zero-order valence-corrected chi connectivity index (χ0v) is 9.07. The molecule has 0 unspecified atom stereocenters. The Morgan fingerprint density at radius 3 is 2.40 bits per heavy atom. The zero-order chi connectivity index (χ0) is 10.7. The van der Waals surface area contributed by atoms with Crippen molar-refractivity contribution in [3.8, 4) is 0 Å². The van der Waals surface area contributed by atoms with E-state index < -0.39 is 0 Å². The highest BCUT2D eigenvalue weighted by molar-refractivity contribution is 6.30. The topological polar surface area (TPSA) is 51.6 Å². The molecule has 0 radical (unpaired) electrons. The van der Waals surface area contributed by atoms with Crippen LogP contribution in [0.3, 0.4) is 0 Å². The quantitative estimate of drug-likeness (QED) is 0.808. The van der Waals surface area contributed by atoms with Crippen molar-refractivity contribution in [3.63, 3.8) is 0 Å². The summed E-state index contributed by atoms with van der Waals surface area (Å²) in [5.74, 6) is 0.535. The van der Waals surface area contributed by atoms with Gasteiger partial charge in [-0.05, 0) is 34.8 Å². The van der Waals surface area contributed by atoms with Gasteiger partial charge in [-0.2, -0.15) is 4.98 Å². The molecule has 76 valence electrons. The largest absolute Gasteiger partial charge is 0.264 e. The summed E-state index contributed by atoms with van der Waals surface area (Å²) in [5.41, 5.74) is 0.996. The Hall–Kier alpha value is -1.26. The van der Waals surface area contributed by atoms with Gasteiger partial charge < -0.3 is 0 Å². The van der Waals surface area contributed by atoms with Gasteiger partial charge in [0.05, 0.1) is 0 Å². The van der Waals surface area contributed by atoms with Crippen molar-refractivity contribution < 1.29 is 0 Å². The first-order valence-corrected chi connectivity index (χ1v) is 4.94. The Morgan fingerprint density at radius 2 is 1.80 bits per heavy atom. The van der Waals surface area contributed by atoms with E-state index >= 15 is 0 Å². The van der Waals surface area contributed by atoms with E-state index in [1.807, 2.05) is 12.1 Å². The molecule has 0 aliphatic heterocycles. The molecule has 0 amide bonds. The molecule has 15 heavy (non-hydrogen) atoms. The number of pyridine rings is 1. The number of rotatable bonds is 2. The highest BCUT2D eigenvalue weighted by Gasteiger charge is 2.04. The molecule has 0 saturated carbocycles. The molecular weight excluding hydrogens is 235 g/mol. The van der Waals surface area contributed by atoms with Crippen LogP contribution in [0.15, 0.2) is 24.5 Å². The third-order valence-electron chi connectivity index (χ3n) is 1.71. The average Bonchev–Trinajstić information content (AvgIpc) is 2.17. The fourth-order valence-electron chi connectivity index (χ4n) is 1.13. The van der Waals surface area contributed by atoms with Crippen LogP contribution in [0.25, 0.3) is 0 Å². The Labute approximate surface area is 96.3 Å². The smallest absolute Gasteiger partial charge is 0.226 e. The second kappa shape index (κ2) is 4.51. The Morgan fingerprint density at radius 1 is 1.07 bits per heavy atom. The van der Waals surface area contributed by atoms with E-state index in [1.165, 1.54) is 0 Å². The first-order chi connectivity index (χ1) is 7.24. The summed E-state index contributed by atoms with van der Waals surface area (Å²) in [6.07, 6.45) is 3.98. The monoisotopic (exact) mass is 240 g/mol. The first-order valence-electron chi connectivity index (χ1n) is 4.19. The lowest BCUT2D eigenvalue weighted by atomic mass is 10.2. The molecule has 2 aromatic heterocycles. The molecule has 0 aliphatic rings. The predicted molar refractivity (Wildman–Crippen MR) is 56.9 cm³/mol. The normalized spacial score (nSPS) is 10.3. The first kappa shape index (κ1) is 10.3. The summed E-state index contributed by atoms with van der Waals surface area (Å²) in [5, 5.41) is 0.211. The van der Waals surface area contributed by atoms with Gasteiger partial charge in [-0.1, -0.05) is 6.07 Å². The number of halogens is 2. The van der Waals surface area contributed by atoms with E-state index in [0.717, 1.165) is 5.56 Å². The van der Waals surface area contributed by atoms with Crippen molar-refractivity contribution >= 4 is 23.2 Å². The van der Waals surface area contributed by atoms with Crippen molar-refractivity contribution in [1.82, 2.24) is 19.9 Å². The van der Waals surface area contributed by atoms with E-state index in [0.29, 0.717) is 12.2 Å². The fraction of sp³-hybridized carbons (Fsp3) is 0.111. The van der Waals surface area contributed by atoms with Crippen LogP contribution in [0.5, 0.6) is 0 Å². The van der Waals surface area contributed by atoms with Gasteiger partial charge in [0.25, 0.3) is 0 Å². The molecule has 0 atom stereocenters. The lowest BCUT2D eigenvalue weighted by Gasteiger charge is -2.00. The molecule has 0 aromatic carbocycles. The van der Waals surface area contributed by atoms with Gasteiger partial charge in [-0.15, -0.1) is 0 Å². The molecule has 0 spiro atoms. The highest BCUT2D eigenvalue weighted by atomic mass is 35.5. The maximum Gasteiger partial charge on any atom is 0.226 e. The van der Waals surface area contributed by atoms with Crippen LogP contribution in [0.2, 0.25) is 10.6 Å². The minimum atomic E-state index is 0.105. The summed E-state index contributed by atoms with van der Waals surface area (Å²) in [6.45, 7) is 0. The Balaban J connectivity index is 2.25. The summed E-state index contributed by atoms with van der Waals surface area (Å²) in [7, 11) is 0. The lowest BCUT2D eigenvalue weighted by Crippen LogP contribution is -1.99. The number of hydrogen-bond donors (Lipinski definition) is 0. The van der Waals surface area contributed by atoms with Crippen molar-refractivity contribution in [2.24, 2.45) is 0 Å². The van der Waals surface area contributed by atoms with Gasteiger partial charge in [0.15, 0.2) is 0 Å². The van der Waals surface area contributed by atoms with Crippen LogP contribution >= 0.6 is 23.2 Å². The molecule has 2 aromatic rings. The van der Waals surface area contributed by atoms with Crippen LogP contribution in [0, 0.1) is 0 Å². The molecule has 0 aliphatic carbocycles.